The van der Waals surface area contributed by atoms with E-state index >= 15 is 0 Å². The fraction of sp³-hybridized carbons (Fsp3) is 0.0556. The van der Waals surface area contributed by atoms with Crippen molar-refractivity contribution >= 4 is 45.0 Å². The van der Waals surface area contributed by atoms with Crippen LogP contribution in [-0.4, -0.2) is 9.97 Å². The first-order valence-electron chi connectivity index (χ1n) is 6.96. The van der Waals surface area contributed by atoms with E-state index in [2.05, 4.69) is 11.9 Å². The third-order valence-electron chi connectivity index (χ3n) is 3.86. The molecule has 0 saturated heterocycles. The second kappa shape index (κ2) is 5.01. The Morgan fingerprint density at radius 3 is 2.55 bits per heavy atom. The molecule has 0 aliphatic rings. The minimum Gasteiger partial charge on any atom is -0.358 e. The molecule has 2 aromatic carbocycles. The highest BCUT2D eigenvalue weighted by Crippen LogP contribution is 2.33. The summed E-state index contributed by atoms with van der Waals surface area (Å²) < 4.78 is 0. The topological polar surface area (TPSA) is 28.7 Å². The quantitative estimate of drug-likeness (QED) is 0.456. The smallest absolute Gasteiger partial charge is 0.0733 e. The standard InChI is InChI=1S/C18H12Cl2N2/c1-10-18(14-9-13(20)4-7-16(14)21-10)17-5-2-11-8-12(19)3-6-15(11)22-17/h2-9,21H,1H3. The fourth-order valence-electron chi connectivity index (χ4n) is 2.86. The SMILES string of the molecule is Cc1[nH]c2ccc(Cl)cc2c1-c1ccc2cc(Cl)ccc2n1. The van der Waals surface area contributed by atoms with Gasteiger partial charge in [0.1, 0.15) is 0 Å². The number of hydrogen-bond acceptors (Lipinski definition) is 1. The van der Waals surface area contributed by atoms with Crippen LogP contribution >= 0.6 is 23.2 Å². The molecule has 0 radical (unpaired) electrons. The van der Waals surface area contributed by atoms with Gasteiger partial charge in [0.05, 0.1) is 11.2 Å². The van der Waals surface area contributed by atoms with Gasteiger partial charge in [0, 0.05) is 37.6 Å². The Balaban J connectivity index is 2.00. The number of pyridine rings is 1. The van der Waals surface area contributed by atoms with Crippen LogP contribution in [0.15, 0.2) is 48.5 Å². The van der Waals surface area contributed by atoms with E-state index < -0.39 is 0 Å². The molecule has 0 fully saturated rings. The maximum Gasteiger partial charge on any atom is 0.0733 e. The minimum atomic E-state index is 0.720. The van der Waals surface area contributed by atoms with E-state index in [9.17, 15) is 0 Å². The molecular formula is C18H12Cl2N2. The lowest BCUT2D eigenvalue weighted by Gasteiger charge is -2.04. The lowest BCUT2D eigenvalue weighted by atomic mass is 10.1. The third kappa shape index (κ3) is 2.16. The molecule has 2 heterocycles. The normalized spacial score (nSPS) is 11.4. The molecule has 4 heteroatoms. The zero-order chi connectivity index (χ0) is 15.3. The van der Waals surface area contributed by atoms with E-state index in [1.54, 1.807) is 0 Å². The molecule has 108 valence electrons. The van der Waals surface area contributed by atoms with Gasteiger partial charge in [-0.3, -0.25) is 0 Å². The second-order valence-corrected chi connectivity index (χ2v) is 6.22. The lowest BCUT2D eigenvalue weighted by molar-refractivity contribution is 1.28. The van der Waals surface area contributed by atoms with Crippen molar-refractivity contribution in [3.63, 3.8) is 0 Å². The Kier molecular flexibility index (Phi) is 3.10. The summed E-state index contributed by atoms with van der Waals surface area (Å²) in [6.07, 6.45) is 0. The minimum absolute atomic E-state index is 0.720. The molecular weight excluding hydrogens is 315 g/mol. The summed E-state index contributed by atoms with van der Waals surface area (Å²) in [5.41, 5.74) is 5.10. The summed E-state index contributed by atoms with van der Waals surface area (Å²) in [5, 5.41) is 3.56. The van der Waals surface area contributed by atoms with Crippen LogP contribution in [-0.2, 0) is 0 Å². The number of hydrogen-bond donors (Lipinski definition) is 1. The average Bonchev–Trinajstić information content (AvgIpc) is 2.82. The Morgan fingerprint density at radius 1 is 0.909 bits per heavy atom. The highest BCUT2D eigenvalue weighted by molar-refractivity contribution is 6.31. The number of nitrogens with one attached hydrogen (secondary N) is 1. The molecule has 0 saturated carbocycles. The van der Waals surface area contributed by atoms with Gasteiger partial charge >= 0.3 is 0 Å². The molecule has 0 atom stereocenters. The Labute approximate surface area is 137 Å². The number of rotatable bonds is 1. The Morgan fingerprint density at radius 2 is 1.68 bits per heavy atom. The van der Waals surface area contributed by atoms with Crippen LogP contribution in [0.1, 0.15) is 5.69 Å². The molecule has 4 rings (SSSR count). The molecule has 0 bridgehead atoms. The van der Waals surface area contributed by atoms with Gasteiger partial charge in [0.2, 0.25) is 0 Å². The first kappa shape index (κ1) is 13.6. The first-order valence-corrected chi connectivity index (χ1v) is 7.72. The van der Waals surface area contributed by atoms with Crippen LogP contribution in [0.3, 0.4) is 0 Å². The molecule has 4 aromatic rings. The maximum absolute atomic E-state index is 6.15. The van der Waals surface area contributed by atoms with E-state index in [0.717, 1.165) is 48.8 Å². The zero-order valence-corrected chi connectivity index (χ0v) is 13.3. The van der Waals surface area contributed by atoms with E-state index in [4.69, 9.17) is 28.2 Å². The monoisotopic (exact) mass is 326 g/mol. The van der Waals surface area contributed by atoms with Gasteiger partial charge in [-0.15, -0.1) is 0 Å². The number of fused-ring (bicyclic) bond motifs is 2. The van der Waals surface area contributed by atoms with Gasteiger partial charge in [0.15, 0.2) is 0 Å². The van der Waals surface area contributed by atoms with Crippen molar-refractivity contribution in [1.29, 1.82) is 0 Å². The molecule has 22 heavy (non-hydrogen) atoms. The van der Waals surface area contributed by atoms with Gasteiger partial charge < -0.3 is 4.98 Å². The predicted molar refractivity (Wildman–Crippen MR) is 93.8 cm³/mol. The van der Waals surface area contributed by atoms with Crippen LogP contribution in [0.2, 0.25) is 10.0 Å². The number of nitrogens with zero attached hydrogens (tertiary/aromatic N) is 1. The fourth-order valence-corrected chi connectivity index (χ4v) is 3.22. The summed E-state index contributed by atoms with van der Waals surface area (Å²) in [6.45, 7) is 2.05. The number of aromatic amines is 1. The Bertz CT molecular complexity index is 1020. The molecule has 0 aliphatic carbocycles. The van der Waals surface area contributed by atoms with Gasteiger partial charge in [-0.1, -0.05) is 29.3 Å². The van der Waals surface area contributed by atoms with Crippen LogP contribution in [0.4, 0.5) is 0 Å². The number of benzene rings is 2. The summed E-state index contributed by atoms with van der Waals surface area (Å²) in [4.78, 5) is 8.17. The van der Waals surface area contributed by atoms with Gasteiger partial charge in [0.25, 0.3) is 0 Å². The zero-order valence-electron chi connectivity index (χ0n) is 11.8. The van der Waals surface area contributed by atoms with E-state index in [1.807, 2.05) is 48.5 Å². The lowest BCUT2D eigenvalue weighted by Crippen LogP contribution is -1.86. The second-order valence-electron chi connectivity index (χ2n) is 5.35. The van der Waals surface area contributed by atoms with Crippen molar-refractivity contribution in [2.45, 2.75) is 6.92 Å². The molecule has 0 aliphatic heterocycles. The van der Waals surface area contributed by atoms with Crippen molar-refractivity contribution in [1.82, 2.24) is 9.97 Å². The predicted octanol–water partition coefficient (Wildman–Crippen LogP) is 6.00. The molecule has 0 unspecified atom stereocenters. The van der Waals surface area contributed by atoms with Crippen molar-refractivity contribution in [3.8, 4) is 11.3 Å². The number of H-pyrrole nitrogens is 1. The molecule has 0 amide bonds. The summed E-state index contributed by atoms with van der Waals surface area (Å²) >= 11 is 12.2. The van der Waals surface area contributed by atoms with Crippen molar-refractivity contribution in [2.24, 2.45) is 0 Å². The number of aromatic nitrogens is 2. The summed E-state index contributed by atoms with van der Waals surface area (Å²) in [5.74, 6) is 0. The van der Waals surface area contributed by atoms with Crippen LogP contribution in [0.25, 0.3) is 33.1 Å². The third-order valence-corrected chi connectivity index (χ3v) is 4.33. The highest BCUT2D eigenvalue weighted by Gasteiger charge is 2.12. The summed E-state index contributed by atoms with van der Waals surface area (Å²) in [6, 6.07) is 15.7. The highest BCUT2D eigenvalue weighted by atomic mass is 35.5. The van der Waals surface area contributed by atoms with E-state index in [1.165, 1.54) is 0 Å². The maximum atomic E-state index is 6.15. The first-order chi connectivity index (χ1) is 10.6. The largest absolute Gasteiger partial charge is 0.358 e. The van der Waals surface area contributed by atoms with Gasteiger partial charge in [-0.05, 0) is 49.4 Å². The van der Waals surface area contributed by atoms with E-state index in [-0.39, 0.29) is 0 Å². The van der Waals surface area contributed by atoms with Crippen LogP contribution in [0, 0.1) is 6.92 Å². The number of halogens is 2. The average molecular weight is 327 g/mol. The van der Waals surface area contributed by atoms with Crippen molar-refractivity contribution in [2.75, 3.05) is 0 Å². The Hall–Kier alpha value is -2.03. The molecule has 2 aromatic heterocycles. The van der Waals surface area contributed by atoms with Crippen molar-refractivity contribution in [3.05, 3.63) is 64.3 Å². The molecule has 1 N–H and O–H groups in total. The molecule has 0 spiro atoms. The van der Waals surface area contributed by atoms with Crippen molar-refractivity contribution < 1.29 is 0 Å². The van der Waals surface area contributed by atoms with Crippen LogP contribution < -0.4 is 0 Å². The van der Waals surface area contributed by atoms with Crippen LogP contribution in [0.5, 0.6) is 0 Å². The van der Waals surface area contributed by atoms with Gasteiger partial charge in [-0.25, -0.2) is 4.98 Å². The molecule has 2 nitrogen and oxygen atoms in total. The van der Waals surface area contributed by atoms with E-state index in [0.29, 0.717) is 0 Å². The summed E-state index contributed by atoms with van der Waals surface area (Å²) in [7, 11) is 0. The number of aryl methyl sites for hydroxylation is 1. The van der Waals surface area contributed by atoms with Gasteiger partial charge in [-0.2, -0.15) is 0 Å².